The van der Waals surface area contributed by atoms with Gasteiger partial charge in [-0.3, -0.25) is 10.7 Å². The van der Waals surface area contributed by atoms with Crippen molar-refractivity contribution >= 4 is 28.0 Å². The minimum absolute atomic E-state index is 0.00226. The predicted octanol–water partition coefficient (Wildman–Crippen LogP) is 5.91. The van der Waals surface area contributed by atoms with E-state index < -0.39 is 22.2 Å². The molecule has 4 aromatic rings. The molecule has 0 heterocycles. The fourth-order valence-corrected chi connectivity index (χ4v) is 5.21. The lowest BCUT2D eigenvalue weighted by Crippen LogP contribution is -2.36. The molecular weight excluding hydrogens is 580 g/mol. The lowest BCUT2D eigenvalue weighted by Gasteiger charge is -2.24. The molecule has 0 saturated heterocycles. The van der Waals surface area contributed by atoms with Gasteiger partial charge >= 0.3 is 12.2 Å². The Kier molecular flexibility index (Phi) is 10.5. The maximum atomic E-state index is 13.2. The molecule has 0 unspecified atom stereocenters. The Morgan fingerprint density at radius 1 is 0.886 bits per heavy atom. The van der Waals surface area contributed by atoms with Gasteiger partial charge in [0.15, 0.2) is 0 Å². The van der Waals surface area contributed by atoms with Gasteiger partial charge in [0.25, 0.3) is 0 Å². The molecule has 0 aliphatic rings. The van der Waals surface area contributed by atoms with Crippen LogP contribution in [0.2, 0.25) is 0 Å². The van der Waals surface area contributed by atoms with Gasteiger partial charge in [-0.2, -0.15) is 0 Å². The summed E-state index contributed by atoms with van der Waals surface area (Å²) in [5.74, 6) is 0.295. The third-order valence-electron chi connectivity index (χ3n) is 6.44. The summed E-state index contributed by atoms with van der Waals surface area (Å²) in [7, 11) is -3.92. The Balaban J connectivity index is 1.41. The van der Waals surface area contributed by atoms with E-state index in [4.69, 9.17) is 20.0 Å². The largest absolute Gasteiger partial charge is 0.444 e. The fourth-order valence-electron chi connectivity index (χ4n) is 4.44. The van der Waals surface area contributed by atoms with Crippen LogP contribution in [0, 0.1) is 11.3 Å². The summed E-state index contributed by atoms with van der Waals surface area (Å²) >= 11 is 0. The molecule has 11 heteroatoms. The van der Waals surface area contributed by atoms with Gasteiger partial charge in [-0.15, -0.1) is 0 Å². The van der Waals surface area contributed by atoms with Crippen molar-refractivity contribution in [2.24, 2.45) is 11.1 Å². The minimum Gasteiger partial charge on any atom is -0.444 e. The van der Waals surface area contributed by atoms with E-state index in [2.05, 4.69) is 5.32 Å². The fraction of sp³-hybridized carbons (Fsp3) is 0.182. The first kappa shape index (κ1) is 31.9. The number of amides is 2. The van der Waals surface area contributed by atoms with E-state index >= 15 is 0 Å². The highest BCUT2D eigenvalue weighted by Crippen LogP contribution is 2.28. The van der Waals surface area contributed by atoms with E-state index in [1.165, 1.54) is 6.07 Å². The Bertz CT molecular complexity index is 1720. The average molecular weight is 615 g/mol. The van der Waals surface area contributed by atoms with E-state index in [1.807, 2.05) is 50.2 Å². The Hall–Kier alpha value is -5.00. The monoisotopic (exact) mass is 614 g/mol. The van der Waals surface area contributed by atoms with Crippen molar-refractivity contribution in [1.29, 1.82) is 5.41 Å². The van der Waals surface area contributed by atoms with Crippen LogP contribution in [0.4, 0.5) is 9.59 Å². The number of amidine groups is 1. The lowest BCUT2D eigenvalue weighted by atomic mass is 10.1. The van der Waals surface area contributed by atoms with E-state index in [-0.39, 0.29) is 35.6 Å². The molecule has 0 bridgehead atoms. The molecule has 0 aliphatic carbocycles. The maximum Gasteiger partial charge on any atom is 0.415 e. The number of rotatable bonds is 10. The molecule has 0 fully saturated rings. The van der Waals surface area contributed by atoms with Gasteiger partial charge < -0.3 is 14.4 Å². The highest BCUT2D eigenvalue weighted by Gasteiger charge is 2.20. The van der Waals surface area contributed by atoms with Crippen LogP contribution in [-0.4, -0.2) is 37.9 Å². The summed E-state index contributed by atoms with van der Waals surface area (Å²) < 4.78 is 34.9. The molecule has 2 amide bonds. The molecule has 4 aromatic carbocycles. The van der Waals surface area contributed by atoms with Crippen molar-refractivity contribution in [2.45, 2.75) is 31.9 Å². The summed E-state index contributed by atoms with van der Waals surface area (Å²) in [4.78, 5) is 27.0. The van der Waals surface area contributed by atoms with Crippen LogP contribution in [-0.2, 0) is 27.9 Å². The van der Waals surface area contributed by atoms with Crippen molar-refractivity contribution in [3.63, 3.8) is 0 Å². The van der Waals surface area contributed by atoms with Gasteiger partial charge in [-0.25, -0.2) is 23.1 Å². The van der Waals surface area contributed by atoms with E-state index in [0.717, 1.165) is 11.1 Å². The Morgan fingerprint density at radius 3 is 2.23 bits per heavy atom. The third-order valence-corrected chi connectivity index (χ3v) is 7.41. The molecule has 44 heavy (non-hydrogen) atoms. The number of carbonyl (C=O) groups is 2. The molecule has 0 atom stereocenters. The van der Waals surface area contributed by atoms with Gasteiger partial charge in [-0.05, 0) is 46.9 Å². The second kappa shape index (κ2) is 14.5. The van der Waals surface area contributed by atoms with Crippen molar-refractivity contribution in [3.8, 4) is 16.9 Å². The first-order chi connectivity index (χ1) is 21.0. The van der Waals surface area contributed by atoms with Crippen molar-refractivity contribution in [2.75, 3.05) is 6.54 Å². The molecule has 4 rings (SSSR count). The second-order valence-corrected chi connectivity index (χ2v) is 12.0. The maximum absolute atomic E-state index is 13.2. The van der Waals surface area contributed by atoms with Crippen molar-refractivity contribution in [1.82, 2.24) is 10.2 Å². The standard InChI is InChI=1S/C33H34N4O6S/c1-23(2)20-37(33(39)43-28-17-15-26(16-18-28)29-13-6-7-14-30(29)44(35,40)41)21-25-11-8-12-27(19-25)31(34)36-32(38)42-22-24-9-4-3-5-10-24/h3-19,23H,20-22H2,1-2H3,(H2,34,36,38)(H2,35,40,41). The van der Waals surface area contributed by atoms with Crippen LogP contribution >= 0.6 is 0 Å². The predicted molar refractivity (Wildman–Crippen MR) is 168 cm³/mol. The zero-order chi connectivity index (χ0) is 31.7. The number of hydrogen-bond acceptors (Lipinski definition) is 7. The number of primary sulfonamides is 1. The molecule has 0 spiro atoms. The van der Waals surface area contributed by atoms with E-state index in [9.17, 15) is 18.0 Å². The number of hydrogen-bond donors (Lipinski definition) is 3. The van der Waals surface area contributed by atoms with Gasteiger partial charge in [0.1, 0.15) is 18.2 Å². The quantitative estimate of drug-likeness (QED) is 0.149. The van der Waals surface area contributed by atoms with E-state index in [0.29, 0.717) is 23.2 Å². The van der Waals surface area contributed by atoms with E-state index in [1.54, 1.807) is 65.6 Å². The summed E-state index contributed by atoms with van der Waals surface area (Å²) in [6.07, 6.45) is -1.31. The lowest BCUT2D eigenvalue weighted by molar-refractivity contribution is 0.143. The molecule has 0 saturated carbocycles. The summed E-state index contributed by atoms with van der Waals surface area (Å²) in [6.45, 7) is 4.66. The van der Waals surface area contributed by atoms with Crippen LogP contribution < -0.4 is 15.2 Å². The van der Waals surface area contributed by atoms with Crippen molar-refractivity contribution < 1.29 is 27.5 Å². The molecule has 0 aliphatic heterocycles. The van der Waals surface area contributed by atoms with Gasteiger partial charge in [-0.1, -0.05) is 92.7 Å². The summed E-state index contributed by atoms with van der Waals surface area (Å²) in [5.41, 5.74) is 3.06. The highest BCUT2D eigenvalue weighted by atomic mass is 32.2. The molecule has 0 radical (unpaired) electrons. The zero-order valence-electron chi connectivity index (χ0n) is 24.4. The second-order valence-electron chi connectivity index (χ2n) is 10.5. The first-order valence-corrected chi connectivity index (χ1v) is 15.4. The van der Waals surface area contributed by atoms with Gasteiger partial charge in [0.05, 0.1) is 4.90 Å². The van der Waals surface area contributed by atoms with Crippen LogP contribution in [0.15, 0.2) is 108 Å². The summed E-state index contributed by atoms with van der Waals surface area (Å²) in [5, 5.41) is 16.1. The first-order valence-electron chi connectivity index (χ1n) is 13.8. The molecular formula is C33H34N4O6S. The SMILES string of the molecule is CC(C)CN(Cc1cccc(C(=N)NC(=O)OCc2ccccc2)c1)C(=O)Oc1ccc(-c2ccccc2S(N)(=O)=O)cc1. The number of benzene rings is 4. The highest BCUT2D eigenvalue weighted by molar-refractivity contribution is 7.89. The van der Waals surface area contributed by atoms with Crippen LogP contribution in [0.5, 0.6) is 5.75 Å². The zero-order valence-corrected chi connectivity index (χ0v) is 25.2. The minimum atomic E-state index is -3.92. The van der Waals surface area contributed by atoms with Gasteiger partial charge in [0.2, 0.25) is 10.0 Å². The molecule has 228 valence electrons. The number of sulfonamides is 1. The number of nitrogens with one attached hydrogen (secondary N) is 2. The van der Waals surface area contributed by atoms with Crippen LogP contribution in [0.3, 0.4) is 0 Å². The molecule has 10 nitrogen and oxygen atoms in total. The molecule has 4 N–H and O–H groups in total. The average Bonchev–Trinajstić information content (AvgIpc) is 3.00. The third kappa shape index (κ3) is 9.00. The number of carbonyl (C=O) groups excluding carboxylic acids is 2. The Labute approximate surface area is 257 Å². The number of nitrogens with two attached hydrogens (primary N) is 1. The smallest absolute Gasteiger partial charge is 0.415 e. The van der Waals surface area contributed by atoms with Gasteiger partial charge in [0, 0.05) is 24.2 Å². The number of nitrogens with zero attached hydrogens (tertiary/aromatic N) is 1. The van der Waals surface area contributed by atoms with Crippen LogP contribution in [0.1, 0.15) is 30.5 Å². The Morgan fingerprint density at radius 2 is 1.55 bits per heavy atom. The normalized spacial score (nSPS) is 11.1. The number of ether oxygens (including phenoxy) is 2. The summed E-state index contributed by atoms with van der Waals surface area (Å²) in [6, 6.07) is 29.1. The topological polar surface area (TPSA) is 152 Å². The molecule has 0 aromatic heterocycles. The van der Waals surface area contributed by atoms with Crippen LogP contribution in [0.25, 0.3) is 11.1 Å². The van der Waals surface area contributed by atoms with Crippen molar-refractivity contribution in [3.05, 3.63) is 120 Å². The number of alkyl carbamates (subject to hydrolysis) is 1.